The van der Waals surface area contributed by atoms with Gasteiger partial charge in [0.25, 0.3) is 0 Å². The number of amides is 1. The maximum absolute atomic E-state index is 12.4. The molecule has 0 atom stereocenters. The number of ether oxygens (including phenoxy) is 1. The minimum Gasteiger partial charge on any atom is -0.381 e. The Bertz CT molecular complexity index is 477. The van der Waals surface area contributed by atoms with Crippen LogP contribution in [0.15, 0.2) is 5.38 Å². The Kier molecular flexibility index (Phi) is 10.3. The number of nitrogens with one attached hydrogen (secondary N) is 1. The second-order valence-corrected chi connectivity index (χ2v) is 6.82. The van der Waals surface area contributed by atoms with Crippen LogP contribution < -0.4 is 11.1 Å². The summed E-state index contributed by atoms with van der Waals surface area (Å²) in [4.78, 5) is 17.0. The van der Waals surface area contributed by atoms with E-state index >= 15 is 0 Å². The normalized spacial score (nSPS) is 16.3. The minimum atomic E-state index is -0.441. The minimum absolute atomic E-state index is 0. The molecule has 0 aliphatic carbocycles. The van der Waals surface area contributed by atoms with Crippen LogP contribution in [-0.4, -0.2) is 37.2 Å². The van der Waals surface area contributed by atoms with Crippen LogP contribution in [0.1, 0.15) is 43.3 Å². The SMILES string of the molecule is CC(C)c1nc(CCNC(=O)C2(CN)CCOCC2)cs1.Cl.Cl. The predicted molar refractivity (Wildman–Crippen MR) is 99.0 cm³/mol. The lowest BCUT2D eigenvalue weighted by molar-refractivity contribution is -0.135. The monoisotopic (exact) mass is 383 g/mol. The summed E-state index contributed by atoms with van der Waals surface area (Å²) >= 11 is 1.69. The Hall–Kier alpha value is -0.400. The van der Waals surface area contributed by atoms with E-state index in [0.29, 0.717) is 45.1 Å². The lowest BCUT2D eigenvalue weighted by Gasteiger charge is -2.34. The van der Waals surface area contributed by atoms with Crippen LogP contribution in [0.25, 0.3) is 0 Å². The van der Waals surface area contributed by atoms with Crippen LogP contribution in [0.5, 0.6) is 0 Å². The predicted octanol–water partition coefficient (Wildman–Crippen LogP) is 2.52. The van der Waals surface area contributed by atoms with Crippen LogP contribution >= 0.6 is 36.2 Å². The number of nitrogens with zero attached hydrogens (tertiary/aromatic N) is 1. The molecule has 134 valence electrons. The van der Waals surface area contributed by atoms with Gasteiger partial charge in [-0.1, -0.05) is 13.8 Å². The van der Waals surface area contributed by atoms with E-state index in [1.54, 1.807) is 11.3 Å². The molecular weight excluding hydrogens is 357 g/mol. The van der Waals surface area contributed by atoms with Gasteiger partial charge in [-0.3, -0.25) is 4.79 Å². The summed E-state index contributed by atoms with van der Waals surface area (Å²) in [5, 5.41) is 6.25. The van der Waals surface area contributed by atoms with Crippen molar-refractivity contribution in [3.05, 3.63) is 16.1 Å². The fourth-order valence-electron chi connectivity index (χ4n) is 2.48. The highest BCUT2D eigenvalue weighted by Gasteiger charge is 2.38. The molecule has 1 aromatic rings. The van der Waals surface area contributed by atoms with Crippen molar-refractivity contribution < 1.29 is 9.53 Å². The van der Waals surface area contributed by atoms with Gasteiger partial charge in [0.2, 0.25) is 5.91 Å². The van der Waals surface area contributed by atoms with Crippen LogP contribution in [0.4, 0.5) is 0 Å². The average Bonchev–Trinajstić information content (AvgIpc) is 2.97. The summed E-state index contributed by atoms with van der Waals surface area (Å²) in [7, 11) is 0. The van der Waals surface area contributed by atoms with E-state index in [1.165, 1.54) is 0 Å². The number of hydrogen-bond donors (Lipinski definition) is 2. The fraction of sp³-hybridized carbons (Fsp3) is 0.733. The van der Waals surface area contributed by atoms with Crippen molar-refractivity contribution in [1.82, 2.24) is 10.3 Å². The summed E-state index contributed by atoms with van der Waals surface area (Å²) in [5.41, 5.74) is 6.44. The molecule has 23 heavy (non-hydrogen) atoms. The van der Waals surface area contributed by atoms with Crippen molar-refractivity contribution in [3.63, 3.8) is 0 Å². The average molecular weight is 384 g/mol. The molecule has 0 aromatic carbocycles. The first-order valence-electron chi connectivity index (χ1n) is 7.58. The van der Waals surface area contributed by atoms with Gasteiger partial charge in [-0.15, -0.1) is 36.2 Å². The number of rotatable bonds is 6. The summed E-state index contributed by atoms with van der Waals surface area (Å²) in [6.07, 6.45) is 2.19. The summed E-state index contributed by atoms with van der Waals surface area (Å²) in [6.45, 7) is 6.52. The number of nitrogens with two attached hydrogens (primary N) is 1. The number of carbonyl (C=O) groups is 1. The quantitative estimate of drug-likeness (QED) is 0.790. The second-order valence-electron chi connectivity index (χ2n) is 5.93. The Morgan fingerprint density at radius 3 is 2.61 bits per heavy atom. The van der Waals surface area contributed by atoms with E-state index in [-0.39, 0.29) is 30.7 Å². The lowest BCUT2D eigenvalue weighted by Crippen LogP contribution is -2.49. The maximum Gasteiger partial charge on any atom is 0.227 e. The van der Waals surface area contributed by atoms with Gasteiger partial charge in [0.15, 0.2) is 0 Å². The topological polar surface area (TPSA) is 77.2 Å². The largest absolute Gasteiger partial charge is 0.381 e. The number of carbonyl (C=O) groups excluding carboxylic acids is 1. The Labute approximate surface area is 154 Å². The molecule has 1 fully saturated rings. The molecule has 8 heteroatoms. The zero-order valence-corrected chi connectivity index (χ0v) is 16.1. The van der Waals surface area contributed by atoms with Gasteiger partial charge in [-0.2, -0.15) is 0 Å². The van der Waals surface area contributed by atoms with Crippen LogP contribution in [0.3, 0.4) is 0 Å². The van der Waals surface area contributed by atoms with Gasteiger partial charge in [0, 0.05) is 44.0 Å². The highest BCUT2D eigenvalue weighted by atomic mass is 35.5. The Morgan fingerprint density at radius 2 is 2.09 bits per heavy atom. The molecule has 2 rings (SSSR count). The molecule has 1 aliphatic heterocycles. The van der Waals surface area contributed by atoms with Crippen molar-refractivity contribution in [2.45, 2.75) is 39.0 Å². The summed E-state index contributed by atoms with van der Waals surface area (Å²) in [5.74, 6) is 0.522. The van der Waals surface area contributed by atoms with Gasteiger partial charge >= 0.3 is 0 Å². The molecule has 1 aromatic heterocycles. The molecule has 0 saturated carbocycles. The molecule has 0 unspecified atom stereocenters. The molecule has 1 saturated heterocycles. The van der Waals surface area contributed by atoms with Crippen molar-refractivity contribution in [2.75, 3.05) is 26.3 Å². The van der Waals surface area contributed by atoms with Gasteiger partial charge < -0.3 is 15.8 Å². The highest BCUT2D eigenvalue weighted by Crippen LogP contribution is 2.29. The summed E-state index contributed by atoms with van der Waals surface area (Å²) < 4.78 is 5.33. The first-order chi connectivity index (χ1) is 10.1. The molecular formula is C15H27Cl2N3O2S. The van der Waals surface area contributed by atoms with Crippen LogP contribution in [0.2, 0.25) is 0 Å². The second kappa shape index (κ2) is 10.5. The van der Waals surface area contributed by atoms with E-state index in [9.17, 15) is 4.79 Å². The molecule has 2 heterocycles. The van der Waals surface area contributed by atoms with E-state index in [0.717, 1.165) is 17.1 Å². The van der Waals surface area contributed by atoms with E-state index in [1.807, 2.05) is 0 Å². The van der Waals surface area contributed by atoms with Gasteiger partial charge in [0.05, 0.1) is 16.1 Å². The van der Waals surface area contributed by atoms with E-state index < -0.39 is 5.41 Å². The maximum atomic E-state index is 12.4. The molecule has 0 radical (unpaired) electrons. The smallest absolute Gasteiger partial charge is 0.227 e. The molecule has 0 bridgehead atoms. The van der Waals surface area contributed by atoms with Crippen LogP contribution in [0, 0.1) is 5.41 Å². The Balaban J connectivity index is 0.00000242. The third-order valence-electron chi connectivity index (χ3n) is 4.05. The van der Waals surface area contributed by atoms with Crippen molar-refractivity contribution in [3.8, 4) is 0 Å². The van der Waals surface area contributed by atoms with Crippen LogP contribution in [-0.2, 0) is 16.0 Å². The van der Waals surface area contributed by atoms with Crippen molar-refractivity contribution in [2.24, 2.45) is 11.1 Å². The van der Waals surface area contributed by atoms with Gasteiger partial charge in [-0.05, 0) is 12.8 Å². The molecule has 1 aliphatic rings. The molecule has 1 amide bonds. The van der Waals surface area contributed by atoms with E-state index in [4.69, 9.17) is 10.5 Å². The fourth-order valence-corrected chi connectivity index (χ4v) is 3.35. The third-order valence-corrected chi connectivity index (χ3v) is 5.25. The third kappa shape index (κ3) is 5.87. The van der Waals surface area contributed by atoms with Gasteiger partial charge in [-0.25, -0.2) is 4.98 Å². The number of aromatic nitrogens is 1. The zero-order valence-electron chi connectivity index (χ0n) is 13.7. The molecule has 0 spiro atoms. The standard InChI is InChI=1S/C15H25N3O2S.2ClH/c1-11(2)13-18-12(9-21-13)3-6-17-14(19)15(10-16)4-7-20-8-5-15;;/h9,11H,3-8,10,16H2,1-2H3,(H,17,19);2*1H. The zero-order chi connectivity index (χ0) is 15.3. The number of hydrogen-bond acceptors (Lipinski definition) is 5. The lowest BCUT2D eigenvalue weighted by atomic mass is 9.79. The van der Waals surface area contributed by atoms with Crippen molar-refractivity contribution >= 4 is 42.1 Å². The first-order valence-corrected chi connectivity index (χ1v) is 8.46. The van der Waals surface area contributed by atoms with Gasteiger partial charge in [0.1, 0.15) is 0 Å². The van der Waals surface area contributed by atoms with E-state index in [2.05, 4.69) is 29.5 Å². The highest BCUT2D eigenvalue weighted by molar-refractivity contribution is 7.09. The number of thiazole rings is 1. The van der Waals surface area contributed by atoms with Crippen molar-refractivity contribution in [1.29, 1.82) is 0 Å². The molecule has 5 nitrogen and oxygen atoms in total. The number of halogens is 2. The molecule has 3 N–H and O–H groups in total. The summed E-state index contributed by atoms with van der Waals surface area (Å²) in [6, 6.07) is 0. The Morgan fingerprint density at radius 1 is 1.43 bits per heavy atom. The first kappa shape index (κ1) is 22.6.